The highest BCUT2D eigenvalue weighted by Crippen LogP contribution is 2.43. The van der Waals surface area contributed by atoms with Gasteiger partial charge in [0.25, 0.3) is 0 Å². The normalized spacial score (nSPS) is 12.5. The molecule has 0 saturated heterocycles. The zero-order valence-corrected chi connectivity index (χ0v) is 11.0. The molecule has 0 bridgehead atoms. The van der Waals surface area contributed by atoms with Crippen LogP contribution < -0.4 is 0 Å². The van der Waals surface area contributed by atoms with Gasteiger partial charge < -0.3 is 5.11 Å². The van der Waals surface area contributed by atoms with E-state index in [0.29, 0.717) is 12.1 Å². The summed E-state index contributed by atoms with van der Waals surface area (Å²) in [6, 6.07) is 6.91. The van der Waals surface area contributed by atoms with Crippen molar-refractivity contribution in [1.82, 2.24) is 0 Å². The van der Waals surface area contributed by atoms with Crippen molar-refractivity contribution in [2.75, 3.05) is 0 Å². The Bertz CT molecular complexity index is 672. The van der Waals surface area contributed by atoms with E-state index in [2.05, 4.69) is 0 Å². The molecule has 0 saturated carbocycles. The second kappa shape index (κ2) is 5.64. The first-order valence-electron chi connectivity index (χ1n) is 6.13. The highest BCUT2D eigenvalue weighted by atomic mass is 19.4. The molecule has 0 aliphatic carbocycles. The summed E-state index contributed by atoms with van der Waals surface area (Å²) in [4.78, 5) is 0. The lowest BCUT2D eigenvalue weighted by Gasteiger charge is -2.19. The number of aliphatic hydroxyl groups excluding tert-OH is 1. The van der Waals surface area contributed by atoms with E-state index in [1.165, 1.54) is 6.07 Å². The number of alkyl halides is 6. The Morgan fingerprint density at radius 2 is 1.27 bits per heavy atom. The van der Waals surface area contributed by atoms with E-state index in [1.807, 2.05) is 0 Å². The van der Waals surface area contributed by atoms with Gasteiger partial charge >= 0.3 is 12.4 Å². The molecule has 1 nitrogen and oxygen atoms in total. The van der Waals surface area contributed by atoms with Gasteiger partial charge in [0.15, 0.2) is 0 Å². The monoisotopic (exact) mass is 320 g/mol. The molecule has 2 aromatic rings. The predicted octanol–water partition coefficient (Wildman–Crippen LogP) is 4.88. The van der Waals surface area contributed by atoms with Crippen LogP contribution in [0.4, 0.5) is 26.3 Å². The highest BCUT2D eigenvalue weighted by molar-refractivity contribution is 5.75. The third-order valence-corrected chi connectivity index (χ3v) is 3.13. The van der Waals surface area contributed by atoms with Crippen molar-refractivity contribution in [3.05, 3.63) is 59.2 Å². The first-order valence-corrected chi connectivity index (χ1v) is 6.13. The fraction of sp³-hybridized carbons (Fsp3) is 0.200. The van der Waals surface area contributed by atoms with Gasteiger partial charge in [0.05, 0.1) is 17.7 Å². The van der Waals surface area contributed by atoms with E-state index in [1.54, 1.807) is 0 Å². The standard InChI is InChI=1S/C15H10F6O/c16-14(17,18)11-6-2-1-5-10(11)13-9(8-22)4-3-7-12(13)15(19,20)21/h1-7,22H,8H2. The van der Waals surface area contributed by atoms with Gasteiger partial charge in [0, 0.05) is 0 Å². The molecule has 0 atom stereocenters. The van der Waals surface area contributed by atoms with E-state index >= 15 is 0 Å². The number of hydrogen-bond acceptors (Lipinski definition) is 1. The minimum atomic E-state index is -4.83. The number of hydrogen-bond donors (Lipinski definition) is 1. The lowest BCUT2D eigenvalue weighted by atomic mass is 9.91. The average molecular weight is 320 g/mol. The number of aliphatic hydroxyl groups is 1. The van der Waals surface area contributed by atoms with Crippen LogP contribution in [0, 0.1) is 0 Å². The molecule has 0 spiro atoms. The third kappa shape index (κ3) is 3.09. The maximum Gasteiger partial charge on any atom is 0.417 e. The molecular formula is C15H10F6O. The summed E-state index contributed by atoms with van der Waals surface area (Å²) in [7, 11) is 0. The minimum Gasteiger partial charge on any atom is -0.392 e. The van der Waals surface area contributed by atoms with Gasteiger partial charge in [-0.2, -0.15) is 26.3 Å². The summed E-state index contributed by atoms with van der Waals surface area (Å²) in [6.45, 7) is -0.800. The second-order valence-electron chi connectivity index (χ2n) is 4.54. The number of benzene rings is 2. The van der Waals surface area contributed by atoms with Crippen LogP contribution >= 0.6 is 0 Å². The molecule has 7 heteroatoms. The molecule has 0 aromatic heterocycles. The van der Waals surface area contributed by atoms with Crippen LogP contribution in [0.5, 0.6) is 0 Å². The molecule has 118 valence electrons. The predicted molar refractivity (Wildman–Crippen MR) is 67.8 cm³/mol. The van der Waals surface area contributed by atoms with Gasteiger partial charge in [0.1, 0.15) is 0 Å². The summed E-state index contributed by atoms with van der Waals surface area (Å²) in [5.74, 6) is 0. The second-order valence-corrected chi connectivity index (χ2v) is 4.54. The molecule has 0 aliphatic heterocycles. The van der Waals surface area contributed by atoms with Gasteiger partial charge in [-0.1, -0.05) is 30.3 Å². The Hall–Kier alpha value is -2.02. The summed E-state index contributed by atoms with van der Waals surface area (Å²) in [5.41, 5.74) is -3.86. The molecule has 0 unspecified atom stereocenters. The van der Waals surface area contributed by atoms with Crippen LogP contribution in [0.15, 0.2) is 42.5 Å². The van der Waals surface area contributed by atoms with E-state index < -0.39 is 41.2 Å². The molecule has 0 radical (unpaired) electrons. The maximum absolute atomic E-state index is 13.1. The number of halogens is 6. The summed E-state index contributed by atoms with van der Waals surface area (Å²) in [5, 5.41) is 9.22. The van der Waals surface area contributed by atoms with Crippen LogP contribution in [0.3, 0.4) is 0 Å². The van der Waals surface area contributed by atoms with Crippen LogP contribution in [0.2, 0.25) is 0 Å². The smallest absolute Gasteiger partial charge is 0.392 e. The highest BCUT2D eigenvalue weighted by Gasteiger charge is 2.38. The fourth-order valence-electron chi connectivity index (χ4n) is 2.23. The van der Waals surface area contributed by atoms with Crippen LogP contribution in [-0.4, -0.2) is 5.11 Å². The molecular weight excluding hydrogens is 310 g/mol. The molecule has 2 aromatic carbocycles. The minimum absolute atomic E-state index is 0.216. The van der Waals surface area contributed by atoms with E-state index in [4.69, 9.17) is 0 Å². The Kier molecular flexibility index (Phi) is 4.19. The van der Waals surface area contributed by atoms with Gasteiger partial charge in [-0.15, -0.1) is 0 Å². The van der Waals surface area contributed by atoms with Crippen molar-refractivity contribution in [1.29, 1.82) is 0 Å². The molecule has 0 fully saturated rings. The quantitative estimate of drug-likeness (QED) is 0.782. The van der Waals surface area contributed by atoms with Gasteiger partial charge in [-0.25, -0.2) is 0 Å². The van der Waals surface area contributed by atoms with Crippen molar-refractivity contribution in [3.63, 3.8) is 0 Å². The molecule has 0 aliphatic rings. The first-order chi connectivity index (χ1) is 10.2. The van der Waals surface area contributed by atoms with Crippen molar-refractivity contribution in [2.45, 2.75) is 19.0 Å². The van der Waals surface area contributed by atoms with Crippen LogP contribution in [0.1, 0.15) is 16.7 Å². The van der Waals surface area contributed by atoms with Crippen LogP contribution in [-0.2, 0) is 19.0 Å². The SMILES string of the molecule is OCc1cccc(C(F)(F)F)c1-c1ccccc1C(F)(F)F. The van der Waals surface area contributed by atoms with Gasteiger partial charge in [-0.05, 0) is 28.8 Å². The summed E-state index contributed by atoms with van der Waals surface area (Å²) >= 11 is 0. The van der Waals surface area contributed by atoms with E-state index in [-0.39, 0.29) is 5.56 Å². The van der Waals surface area contributed by atoms with Crippen molar-refractivity contribution in [3.8, 4) is 11.1 Å². The molecule has 2 rings (SSSR count). The van der Waals surface area contributed by atoms with Gasteiger partial charge in [0.2, 0.25) is 0 Å². The first kappa shape index (κ1) is 16.4. The van der Waals surface area contributed by atoms with Crippen molar-refractivity contribution in [2.24, 2.45) is 0 Å². The Balaban J connectivity index is 2.84. The maximum atomic E-state index is 13.1. The van der Waals surface area contributed by atoms with Crippen molar-refractivity contribution >= 4 is 0 Å². The molecule has 0 amide bonds. The summed E-state index contributed by atoms with van der Waals surface area (Å²) in [6.07, 6.45) is -9.64. The van der Waals surface area contributed by atoms with Crippen LogP contribution in [0.25, 0.3) is 11.1 Å². The lowest BCUT2D eigenvalue weighted by molar-refractivity contribution is -0.139. The molecule has 1 N–H and O–H groups in total. The topological polar surface area (TPSA) is 20.2 Å². The van der Waals surface area contributed by atoms with Crippen molar-refractivity contribution < 1.29 is 31.4 Å². The van der Waals surface area contributed by atoms with E-state index in [9.17, 15) is 31.4 Å². The van der Waals surface area contributed by atoms with Gasteiger partial charge in [-0.3, -0.25) is 0 Å². The molecule has 22 heavy (non-hydrogen) atoms. The average Bonchev–Trinajstić information content (AvgIpc) is 2.44. The number of rotatable bonds is 2. The zero-order valence-electron chi connectivity index (χ0n) is 11.0. The fourth-order valence-corrected chi connectivity index (χ4v) is 2.23. The van der Waals surface area contributed by atoms with E-state index in [0.717, 1.165) is 24.3 Å². The zero-order chi connectivity index (χ0) is 16.5. The summed E-state index contributed by atoms with van der Waals surface area (Å²) < 4.78 is 78.5. The Morgan fingerprint density at radius 1 is 0.727 bits per heavy atom. The third-order valence-electron chi connectivity index (χ3n) is 3.13. The Labute approximate surface area is 121 Å². The largest absolute Gasteiger partial charge is 0.417 e. The lowest BCUT2D eigenvalue weighted by Crippen LogP contribution is -2.12. The molecule has 0 heterocycles. The Morgan fingerprint density at radius 3 is 1.82 bits per heavy atom.